The van der Waals surface area contributed by atoms with Crippen molar-refractivity contribution < 1.29 is 9.90 Å². The summed E-state index contributed by atoms with van der Waals surface area (Å²) in [5.41, 5.74) is 2.47. The summed E-state index contributed by atoms with van der Waals surface area (Å²) < 4.78 is 1.43. The van der Waals surface area contributed by atoms with E-state index in [0.717, 1.165) is 21.5 Å². The van der Waals surface area contributed by atoms with Gasteiger partial charge >= 0.3 is 5.97 Å². The summed E-state index contributed by atoms with van der Waals surface area (Å²) in [4.78, 5) is 16.2. The quantitative estimate of drug-likeness (QED) is 0.796. The normalized spacial score (nSPS) is 11.0. The van der Waals surface area contributed by atoms with Crippen molar-refractivity contribution in [3.63, 3.8) is 0 Å². The Balaban J connectivity index is 2.26. The van der Waals surface area contributed by atoms with Crippen LogP contribution in [0.5, 0.6) is 0 Å². The number of hydrogen-bond acceptors (Lipinski definition) is 4. The fourth-order valence-electron chi connectivity index (χ4n) is 2.16. The van der Waals surface area contributed by atoms with Gasteiger partial charge in [-0.2, -0.15) is 5.10 Å². The fraction of sp³-hybridized carbons (Fsp3) is 0.154. The van der Waals surface area contributed by atoms with Crippen LogP contribution in [-0.4, -0.2) is 25.8 Å². The van der Waals surface area contributed by atoms with Gasteiger partial charge in [0.1, 0.15) is 6.54 Å². The Morgan fingerprint density at radius 2 is 2.32 bits per heavy atom. The van der Waals surface area contributed by atoms with Crippen LogP contribution in [0.3, 0.4) is 0 Å². The Kier molecular flexibility index (Phi) is 2.79. The van der Waals surface area contributed by atoms with E-state index in [9.17, 15) is 4.79 Å². The van der Waals surface area contributed by atoms with Gasteiger partial charge in [-0.25, -0.2) is 9.67 Å². The SMILES string of the molecule is Cc1nn(CC(=O)O)c2nccc(-c3cccs3)c12. The summed E-state index contributed by atoms with van der Waals surface area (Å²) in [5.74, 6) is -0.923. The van der Waals surface area contributed by atoms with Crippen molar-refractivity contribution in [3.05, 3.63) is 35.5 Å². The third-order valence-electron chi connectivity index (χ3n) is 2.88. The number of carboxylic acid groups (broad SMARTS) is 1. The maximum atomic E-state index is 10.8. The minimum absolute atomic E-state index is 0.175. The molecular formula is C13H11N3O2S. The number of aromatic nitrogens is 3. The topological polar surface area (TPSA) is 68.0 Å². The molecule has 0 unspecified atom stereocenters. The summed E-state index contributed by atoms with van der Waals surface area (Å²) >= 11 is 1.64. The molecule has 0 aromatic carbocycles. The van der Waals surface area contributed by atoms with Gasteiger partial charge < -0.3 is 5.11 Å². The summed E-state index contributed by atoms with van der Waals surface area (Å²) in [5, 5.41) is 16.1. The smallest absolute Gasteiger partial charge is 0.325 e. The van der Waals surface area contributed by atoms with Crippen molar-refractivity contribution in [1.29, 1.82) is 0 Å². The predicted octanol–water partition coefficient (Wildman–Crippen LogP) is 2.55. The first kappa shape index (κ1) is 11.9. The lowest BCUT2D eigenvalue weighted by atomic mass is 10.1. The van der Waals surface area contributed by atoms with E-state index in [-0.39, 0.29) is 6.54 Å². The average Bonchev–Trinajstić information content (AvgIpc) is 2.98. The summed E-state index contributed by atoms with van der Waals surface area (Å²) in [7, 11) is 0. The van der Waals surface area contributed by atoms with E-state index < -0.39 is 5.97 Å². The van der Waals surface area contributed by atoms with E-state index in [1.54, 1.807) is 17.5 Å². The van der Waals surface area contributed by atoms with Crippen LogP contribution in [0.1, 0.15) is 5.69 Å². The van der Waals surface area contributed by atoms with Crippen LogP contribution in [0, 0.1) is 6.92 Å². The Hall–Kier alpha value is -2.21. The molecule has 3 aromatic heterocycles. The molecule has 0 aliphatic carbocycles. The zero-order valence-electron chi connectivity index (χ0n) is 10.2. The highest BCUT2D eigenvalue weighted by Crippen LogP contribution is 2.32. The lowest BCUT2D eigenvalue weighted by Crippen LogP contribution is -2.10. The van der Waals surface area contributed by atoms with Crippen molar-refractivity contribution in [1.82, 2.24) is 14.8 Å². The van der Waals surface area contributed by atoms with Gasteiger partial charge in [0.15, 0.2) is 5.65 Å². The molecule has 0 saturated carbocycles. The van der Waals surface area contributed by atoms with E-state index >= 15 is 0 Å². The molecule has 0 spiro atoms. The maximum Gasteiger partial charge on any atom is 0.325 e. The molecule has 96 valence electrons. The maximum absolute atomic E-state index is 10.8. The average molecular weight is 273 g/mol. The van der Waals surface area contributed by atoms with E-state index in [4.69, 9.17) is 5.11 Å². The Labute approximate surface area is 113 Å². The fourth-order valence-corrected chi connectivity index (χ4v) is 2.92. The van der Waals surface area contributed by atoms with Gasteiger partial charge in [0.05, 0.1) is 11.1 Å². The minimum atomic E-state index is -0.923. The number of carbonyl (C=O) groups is 1. The number of rotatable bonds is 3. The highest BCUT2D eigenvalue weighted by atomic mass is 32.1. The summed E-state index contributed by atoms with van der Waals surface area (Å²) in [6.45, 7) is 1.70. The third kappa shape index (κ3) is 2.00. The van der Waals surface area contributed by atoms with Crippen LogP contribution in [0.25, 0.3) is 21.5 Å². The number of aryl methyl sites for hydroxylation is 1. The predicted molar refractivity (Wildman–Crippen MR) is 73.2 cm³/mol. The number of pyridine rings is 1. The van der Waals surface area contributed by atoms with Crippen molar-refractivity contribution in [3.8, 4) is 10.4 Å². The van der Waals surface area contributed by atoms with Gasteiger partial charge in [-0.3, -0.25) is 4.79 Å². The van der Waals surface area contributed by atoms with Crippen LogP contribution < -0.4 is 0 Å². The first-order valence-electron chi connectivity index (χ1n) is 5.74. The minimum Gasteiger partial charge on any atom is -0.480 e. The van der Waals surface area contributed by atoms with Gasteiger partial charge in [0, 0.05) is 16.6 Å². The van der Waals surface area contributed by atoms with E-state index in [2.05, 4.69) is 10.1 Å². The molecule has 1 N–H and O–H groups in total. The Morgan fingerprint density at radius 1 is 1.47 bits per heavy atom. The molecule has 19 heavy (non-hydrogen) atoms. The van der Waals surface area contributed by atoms with Crippen LogP contribution in [0.4, 0.5) is 0 Å². The molecular weight excluding hydrogens is 262 g/mol. The molecule has 6 heteroatoms. The second kappa shape index (κ2) is 4.47. The third-order valence-corrected chi connectivity index (χ3v) is 3.78. The number of fused-ring (bicyclic) bond motifs is 1. The Morgan fingerprint density at radius 3 is 3.00 bits per heavy atom. The lowest BCUT2D eigenvalue weighted by Gasteiger charge is -2.01. The van der Waals surface area contributed by atoms with Crippen molar-refractivity contribution in [2.75, 3.05) is 0 Å². The zero-order chi connectivity index (χ0) is 13.4. The molecule has 0 radical (unpaired) electrons. The van der Waals surface area contributed by atoms with Gasteiger partial charge in [-0.05, 0) is 24.4 Å². The molecule has 0 aliphatic heterocycles. The van der Waals surface area contributed by atoms with Crippen LogP contribution in [-0.2, 0) is 11.3 Å². The molecule has 3 rings (SSSR count). The number of nitrogens with zero attached hydrogens (tertiary/aromatic N) is 3. The van der Waals surface area contributed by atoms with E-state index in [1.807, 2.05) is 30.5 Å². The van der Waals surface area contributed by atoms with Crippen LogP contribution in [0.15, 0.2) is 29.8 Å². The van der Waals surface area contributed by atoms with Gasteiger partial charge in [0.25, 0.3) is 0 Å². The molecule has 0 bridgehead atoms. The number of carboxylic acids is 1. The molecule has 0 fully saturated rings. The lowest BCUT2D eigenvalue weighted by molar-refractivity contribution is -0.137. The zero-order valence-corrected chi connectivity index (χ0v) is 11.0. The van der Waals surface area contributed by atoms with Crippen molar-refractivity contribution >= 4 is 28.3 Å². The molecule has 3 aromatic rings. The van der Waals surface area contributed by atoms with Gasteiger partial charge in [-0.15, -0.1) is 11.3 Å². The molecule has 0 amide bonds. The first-order valence-corrected chi connectivity index (χ1v) is 6.62. The first-order chi connectivity index (χ1) is 9.16. The number of thiophene rings is 1. The Bertz CT molecular complexity index is 747. The van der Waals surface area contributed by atoms with Gasteiger partial charge in [-0.1, -0.05) is 6.07 Å². The summed E-state index contributed by atoms with van der Waals surface area (Å²) in [6.07, 6.45) is 1.69. The van der Waals surface area contributed by atoms with E-state index in [0.29, 0.717) is 5.65 Å². The van der Waals surface area contributed by atoms with Crippen molar-refractivity contribution in [2.24, 2.45) is 0 Å². The largest absolute Gasteiger partial charge is 0.480 e. The molecule has 5 nitrogen and oxygen atoms in total. The second-order valence-corrected chi connectivity index (χ2v) is 5.12. The van der Waals surface area contributed by atoms with E-state index in [1.165, 1.54) is 4.68 Å². The van der Waals surface area contributed by atoms with Crippen LogP contribution >= 0.6 is 11.3 Å². The number of hydrogen-bond donors (Lipinski definition) is 1. The number of aliphatic carboxylic acids is 1. The van der Waals surface area contributed by atoms with Crippen molar-refractivity contribution in [2.45, 2.75) is 13.5 Å². The highest BCUT2D eigenvalue weighted by Gasteiger charge is 2.15. The monoisotopic (exact) mass is 273 g/mol. The van der Waals surface area contributed by atoms with Crippen LogP contribution in [0.2, 0.25) is 0 Å². The molecule has 0 saturated heterocycles. The second-order valence-electron chi connectivity index (χ2n) is 4.17. The summed E-state index contributed by atoms with van der Waals surface area (Å²) in [6, 6.07) is 5.96. The van der Waals surface area contributed by atoms with Gasteiger partial charge in [0.2, 0.25) is 0 Å². The molecule has 0 aliphatic rings. The molecule has 0 atom stereocenters. The molecule has 3 heterocycles. The highest BCUT2D eigenvalue weighted by molar-refractivity contribution is 7.13. The standard InChI is InChI=1S/C13H11N3O2S/c1-8-12-9(10-3-2-6-19-10)4-5-14-13(12)16(15-8)7-11(17)18/h2-6H,7H2,1H3,(H,17,18).